The Kier molecular flexibility index (Phi) is 9.17. The van der Waals surface area contributed by atoms with Crippen LogP contribution in [0, 0.1) is 0 Å². The molecule has 1 fully saturated rings. The van der Waals surface area contributed by atoms with Crippen molar-refractivity contribution < 1.29 is 19.1 Å². The summed E-state index contributed by atoms with van der Waals surface area (Å²) in [5, 5.41) is 5.94. The number of piperazine rings is 1. The number of carbonyl (C=O) groups is 3. The van der Waals surface area contributed by atoms with Crippen molar-refractivity contribution in [1.82, 2.24) is 15.1 Å². The number of benzene rings is 3. The van der Waals surface area contributed by atoms with Crippen molar-refractivity contribution in [3.63, 3.8) is 0 Å². The second-order valence-corrected chi connectivity index (χ2v) is 11.2. The Morgan fingerprint density at radius 3 is 2.17 bits per heavy atom. The summed E-state index contributed by atoms with van der Waals surface area (Å²) in [7, 11) is 3.35. The maximum atomic E-state index is 13.8. The lowest BCUT2D eigenvalue weighted by Gasteiger charge is -2.38. The van der Waals surface area contributed by atoms with Crippen molar-refractivity contribution in [2.45, 2.75) is 32.9 Å². The van der Waals surface area contributed by atoms with Crippen molar-refractivity contribution in [2.24, 2.45) is 0 Å². The third kappa shape index (κ3) is 7.78. The number of nitrogens with zero attached hydrogens (tertiary/aromatic N) is 3. The minimum Gasteiger partial charge on any atom is -0.497 e. The maximum absolute atomic E-state index is 13.8. The van der Waals surface area contributed by atoms with Crippen LogP contribution >= 0.6 is 0 Å². The summed E-state index contributed by atoms with van der Waals surface area (Å²) < 4.78 is 5.18. The van der Waals surface area contributed by atoms with Gasteiger partial charge in [-0.1, -0.05) is 30.3 Å². The first-order chi connectivity index (χ1) is 19.5. The molecule has 4 amide bonds. The molecular weight excluding hydrogens is 518 g/mol. The molecule has 1 aliphatic rings. The molecule has 0 atom stereocenters. The highest BCUT2D eigenvalue weighted by molar-refractivity contribution is 6.06. The van der Waals surface area contributed by atoms with E-state index in [-0.39, 0.29) is 23.4 Å². The van der Waals surface area contributed by atoms with Gasteiger partial charge in [-0.3, -0.25) is 9.59 Å². The smallest absolute Gasteiger partial charge is 0.317 e. The van der Waals surface area contributed by atoms with Crippen LogP contribution < -0.4 is 20.3 Å². The van der Waals surface area contributed by atoms with Gasteiger partial charge < -0.3 is 30.1 Å². The van der Waals surface area contributed by atoms with E-state index < -0.39 is 0 Å². The van der Waals surface area contributed by atoms with E-state index in [1.54, 1.807) is 54.3 Å². The number of nitrogens with one attached hydrogen (secondary N) is 2. The Hall–Kier alpha value is -4.53. The first kappa shape index (κ1) is 29.5. The molecule has 1 aliphatic heterocycles. The Morgan fingerprint density at radius 2 is 1.56 bits per heavy atom. The Balaban J connectivity index is 1.56. The quantitative estimate of drug-likeness (QED) is 0.433. The van der Waals surface area contributed by atoms with Crippen molar-refractivity contribution >= 4 is 29.2 Å². The van der Waals surface area contributed by atoms with E-state index in [1.807, 2.05) is 63.2 Å². The van der Waals surface area contributed by atoms with Crippen LogP contribution in [-0.4, -0.2) is 73.5 Å². The number of amides is 4. The van der Waals surface area contributed by atoms with Crippen LogP contribution in [0.1, 0.15) is 47.1 Å². The Bertz CT molecular complexity index is 1360. The lowest BCUT2D eigenvalue weighted by molar-refractivity contribution is 0.0785. The fourth-order valence-corrected chi connectivity index (χ4v) is 4.69. The van der Waals surface area contributed by atoms with Gasteiger partial charge in [0.2, 0.25) is 0 Å². The summed E-state index contributed by atoms with van der Waals surface area (Å²) >= 11 is 0. The number of anilines is 2. The highest BCUT2D eigenvalue weighted by atomic mass is 16.5. The fraction of sp³-hybridized carbons (Fsp3) is 0.344. The van der Waals surface area contributed by atoms with Gasteiger partial charge in [-0.05, 0) is 68.8 Å². The van der Waals surface area contributed by atoms with E-state index in [4.69, 9.17) is 4.74 Å². The average molecular weight is 558 g/mol. The molecule has 0 bridgehead atoms. The minimum atomic E-state index is -0.316. The topological polar surface area (TPSA) is 94.2 Å². The van der Waals surface area contributed by atoms with Gasteiger partial charge in [0.1, 0.15) is 5.75 Å². The summed E-state index contributed by atoms with van der Waals surface area (Å²) in [5.74, 6) is 0.225. The Morgan fingerprint density at radius 1 is 0.902 bits per heavy atom. The molecule has 2 N–H and O–H groups in total. The number of hydrogen-bond donors (Lipinski definition) is 2. The molecule has 0 saturated carbocycles. The van der Waals surface area contributed by atoms with Gasteiger partial charge in [0.25, 0.3) is 11.8 Å². The van der Waals surface area contributed by atoms with Crippen LogP contribution in [0.25, 0.3) is 0 Å². The zero-order valence-corrected chi connectivity index (χ0v) is 24.4. The zero-order valence-electron chi connectivity index (χ0n) is 24.4. The Labute approximate surface area is 242 Å². The van der Waals surface area contributed by atoms with E-state index >= 15 is 0 Å². The summed E-state index contributed by atoms with van der Waals surface area (Å²) in [5.41, 5.74) is 2.97. The SMILES string of the molecule is COc1ccc(C(=O)Nc2ccc(N3CCN(C(=O)NC(C)(C)C)CC3)c(C(=O)N(C)Cc3ccccc3)c2)cc1. The summed E-state index contributed by atoms with van der Waals surface area (Å²) in [6, 6.07) is 22.0. The molecule has 4 rings (SSSR count). The van der Waals surface area contributed by atoms with Crippen molar-refractivity contribution in [3.8, 4) is 5.75 Å². The number of rotatable bonds is 7. The predicted octanol–water partition coefficient (Wildman–Crippen LogP) is 4.85. The maximum Gasteiger partial charge on any atom is 0.317 e. The van der Waals surface area contributed by atoms with Crippen LogP contribution in [0.2, 0.25) is 0 Å². The van der Waals surface area contributed by atoms with Crippen LogP contribution in [0.3, 0.4) is 0 Å². The summed E-state index contributed by atoms with van der Waals surface area (Å²) in [6.07, 6.45) is 0. The number of ether oxygens (including phenoxy) is 1. The number of urea groups is 1. The van der Waals surface area contributed by atoms with Crippen molar-refractivity contribution in [3.05, 3.63) is 89.5 Å². The molecule has 0 radical (unpaired) electrons. The van der Waals surface area contributed by atoms with Crippen LogP contribution in [0.5, 0.6) is 5.75 Å². The minimum absolute atomic E-state index is 0.0902. The number of methoxy groups -OCH3 is 1. The van der Waals surface area contributed by atoms with Gasteiger partial charge in [-0.25, -0.2) is 4.79 Å². The van der Waals surface area contributed by atoms with Gasteiger partial charge in [-0.2, -0.15) is 0 Å². The van der Waals surface area contributed by atoms with Crippen LogP contribution in [0.15, 0.2) is 72.8 Å². The molecule has 0 aromatic heterocycles. The second kappa shape index (κ2) is 12.8. The molecule has 41 heavy (non-hydrogen) atoms. The fourth-order valence-electron chi connectivity index (χ4n) is 4.69. The van der Waals surface area contributed by atoms with Gasteiger partial charge in [0.15, 0.2) is 0 Å². The zero-order chi connectivity index (χ0) is 29.6. The largest absolute Gasteiger partial charge is 0.497 e. The van der Waals surface area contributed by atoms with E-state index in [2.05, 4.69) is 15.5 Å². The van der Waals surface area contributed by atoms with Gasteiger partial charge in [-0.15, -0.1) is 0 Å². The standard InChI is InChI=1S/C32H39N5O4/c1-32(2,3)34-31(40)37-19-17-36(18-20-37)28-16-13-25(33-29(38)24-11-14-26(41-5)15-12-24)21-27(28)30(39)35(4)22-23-9-7-6-8-10-23/h6-16,21H,17-20,22H2,1-5H3,(H,33,38)(H,34,40). The first-order valence-electron chi connectivity index (χ1n) is 13.7. The summed E-state index contributed by atoms with van der Waals surface area (Å²) in [6.45, 7) is 8.55. The van der Waals surface area contributed by atoms with E-state index in [9.17, 15) is 14.4 Å². The molecule has 0 spiro atoms. The normalized spacial score (nSPS) is 13.4. The number of carbonyl (C=O) groups excluding carboxylic acids is 3. The van der Waals surface area contributed by atoms with E-state index in [1.165, 1.54) is 0 Å². The molecule has 3 aromatic carbocycles. The highest BCUT2D eigenvalue weighted by Crippen LogP contribution is 2.28. The van der Waals surface area contributed by atoms with Gasteiger partial charge >= 0.3 is 6.03 Å². The van der Waals surface area contributed by atoms with Crippen LogP contribution in [0.4, 0.5) is 16.2 Å². The molecule has 1 saturated heterocycles. The third-order valence-corrected chi connectivity index (χ3v) is 6.84. The van der Waals surface area contributed by atoms with E-state index in [0.717, 1.165) is 11.3 Å². The van der Waals surface area contributed by atoms with Crippen molar-refractivity contribution in [2.75, 3.05) is 50.6 Å². The average Bonchev–Trinajstić information content (AvgIpc) is 2.96. The summed E-state index contributed by atoms with van der Waals surface area (Å²) in [4.78, 5) is 45.1. The lowest BCUT2D eigenvalue weighted by Crippen LogP contribution is -2.55. The van der Waals surface area contributed by atoms with Crippen molar-refractivity contribution in [1.29, 1.82) is 0 Å². The monoisotopic (exact) mass is 557 g/mol. The second-order valence-electron chi connectivity index (χ2n) is 11.2. The van der Waals surface area contributed by atoms with Crippen LogP contribution in [-0.2, 0) is 6.54 Å². The van der Waals surface area contributed by atoms with E-state index in [0.29, 0.717) is 55.3 Å². The first-order valence-corrected chi connectivity index (χ1v) is 13.7. The molecular formula is C32H39N5O4. The highest BCUT2D eigenvalue weighted by Gasteiger charge is 2.27. The molecule has 216 valence electrons. The molecule has 3 aromatic rings. The molecule has 9 heteroatoms. The molecule has 0 unspecified atom stereocenters. The third-order valence-electron chi connectivity index (χ3n) is 6.84. The predicted molar refractivity (Wildman–Crippen MR) is 162 cm³/mol. The number of hydrogen-bond acceptors (Lipinski definition) is 5. The van der Waals surface area contributed by atoms with Gasteiger partial charge in [0, 0.05) is 62.2 Å². The van der Waals surface area contributed by atoms with Gasteiger partial charge in [0.05, 0.1) is 12.7 Å². The molecule has 9 nitrogen and oxygen atoms in total. The molecule has 0 aliphatic carbocycles. The lowest BCUT2D eigenvalue weighted by atomic mass is 10.1. The molecule has 1 heterocycles.